The van der Waals surface area contributed by atoms with Crippen LogP contribution in [0.25, 0.3) is 0 Å². The highest BCUT2D eigenvalue weighted by molar-refractivity contribution is 6.08. The van der Waals surface area contributed by atoms with E-state index in [0.29, 0.717) is 16.9 Å². The van der Waals surface area contributed by atoms with Crippen LogP contribution < -0.4 is 4.74 Å². The molecule has 0 saturated carbocycles. The number of hydrogen-bond donors (Lipinski definition) is 0. The number of carbonyl (C=O) groups is 3. The number of ketones is 1. The molecule has 140 valence electrons. The Morgan fingerprint density at radius 3 is 2.00 bits per heavy atom. The first kappa shape index (κ1) is 19.7. The van der Waals surface area contributed by atoms with Crippen LogP contribution in [0.4, 0.5) is 0 Å². The van der Waals surface area contributed by atoms with E-state index in [2.05, 4.69) is 0 Å². The summed E-state index contributed by atoms with van der Waals surface area (Å²) in [5.41, 5.74) is 1.26. The summed E-state index contributed by atoms with van der Waals surface area (Å²) in [6.07, 6.45) is 1.35. The molecule has 6 nitrogen and oxygen atoms in total. The van der Waals surface area contributed by atoms with Gasteiger partial charge < -0.3 is 14.2 Å². The first-order chi connectivity index (χ1) is 12.4. The van der Waals surface area contributed by atoms with E-state index < -0.39 is 29.7 Å². The average molecular weight is 360 g/mol. The second kappa shape index (κ2) is 8.65. The molecule has 6 heteroatoms. The minimum absolute atomic E-state index is 0.157. The van der Waals surface area contributed by atoms with E-state index in [4.69, 9.17) is 14.2 Å². The van der Waals surface area contributed by atoms with E-state index in [1.54, 1.807) is 52.1 Å². The summed E-state index contributed by atoms with van der Waals surface area (Å²) in [4.78, 5) is 37.7. The molecule has 0 radical (unpaired) electrons. The third kappa shape index (κ3) is 3.95. The van der Waals surface area contributed by atoms with Crippen molar-refractivity contribution in [2.45, 2.75) is 26.7 Å². The SMILES string of the molecule is CCOC(=O)[C@@H]1C(=O)C=C(C)[C@H](C(=O)OCC)[C@H]1c1ccc(OC)cc1. The quantitative estimate of drug-likeness (QED) is 0.573. The van der Waals surface area contributed by atoms with Crippen molar-refractivity contribution in [1.29, 1.82) is 0 Å². The van der Waals surface area contributed by atoms with Gasteiger partial charge >= 0.3 is 11.9 Å². The standard InChI is InChI=1S/C20H24O6/c1-5-25-19(22)16-12(3)11-15(21)18(20(23)26-6-2)17(16)13-7-9-14(24-4)10-8-13/h7-11,16-18H,5-6H2,1-4H3/t16-,17+,18+/m0/s1. The van der Waals surface area contributed by atoms with Gasteiger partial charge in [0.1, 0.15) is 11.7 Å². The summed E-state index contributed by atoms with van der Waals surface area (Å²) in [6, 6.07) is 6.98. The van der Waals surface area contributed by atoms with Crippen molar-refractivity contribution in [3.05, 3.63) is 41.5 Å². The van der Waals surface area contributed by atoms with Crippen molar-refractivity contribution in [2.75, 3.05) is 20.3 Å². The molecular weight excluding hydrogens is 336 g/mol. The number of allylic oxidation sites excluding steroid dienone is 1. The fourth-order valence-electron chi connectivity index (χ4n) is 3.33. The molecule has 1 aromatic rings. The van der Waals surface area contributed by atoms with Crippen LogP contribution in [-0.4, -0.2) is 38.0 Å². The Labute approximate surface area is 153 Å². The van der Waals surface area contributed by atoms with Gasteiger partial charge in [-0.05, 0) is 44.5 Å². The Hall–Kier alpha value is -2.63. The molecule has 0 aromatic heterocycles. The number of rotatable bonds is 6. The number of carbonyl (C=O) groups excluding carboxylic acids is 3. The lowest BCUT2D eigenvalue weighted by Crippen LogP contribution is -2.41. The van der Waals surface area contributed by atoms with E-state index in [1.807, 2.05) is 0 Å². The summed E-state index contributed by atoms with van der Waals surface area (Å²) in [5.74, 6) is -3.29. The number of hydrogen-bond acceptors (Lipinski definition) is 6. The van der Waals surface area contributed by atoms with Crippen LogP contribution in [0.15, 0.2) is 35.9 Å². The number of benzene rings is 1. The fraction of sp³-hybridized carbons (Fsp3) is 0.450. The number of esters is 2. The maximum atomic E-state index is 12.6. The zero-order valence-electron chi connectivity index (χ0n) is 15.5. The van der Waals surface area contributed by atoms with Gasteiger partial charge in [-0.2, -0.15) is 0 Å². The van der Waals surface area contributed by atoms with Crippen molar-refractivity contribution in [2.24, 2.45) is 11.8 Å². The van der Waals surface area contributed by atoms with Crippen molar-refractivity contribution in [3.8, 4) is 5.75 Å². The smallest absolute Gasteiger partial charge is 0.317 e. The molecule has 3 atom stereocenters. The molecule has 0 bridgehead atoms. The normalized spacial score (nSPS) is 22.4. The summed E-state index contributed by atoms with van der Waals surface area (Å²) >= 11 is 0. The minimum Gasteiger partial charge on any atom is -0.497 e. The van der Waals surface area contributed by atoms with Crippen LogP contribution in [-0.2, 0) is 23.9 Å². The average Bonchev–Trinajstić information content (AvgIpc) is 2.61. The van der Waals surface area contributed by atoms with Gasteiger partial charge in [-0.3, -0.25) is 14.4 Å². The van der Waals surface area contributed by atoms with Gasteiger partial charge in [0.15, 0.2) is 5.78 Å². The van der Waals surface area contributed by atoms with E-state index >= 15 is 0 Å². The zero-order valence-corrected chi connectivity index (χ0v) is 15.5. The Morgan fingerprint density at radius 2 is 1.50 bits per heavy atom. The lowest BCUT2D eigenvalue weighted by Gasteiger charge is -2.34. The molecule has 0 unspecified atom stereocenters. The maximum absolute atomic E-state index is 12.6. The van der Waals surface area contributed by atoms with E-state index in [-0.39, 0.29) is 19.0 Å². The summed E-state index contributed by atoms with van der Waals surface area (Å²) in [5, 5.41) is 0. The van der Waals surface area contributed by atoms with Gasteiger partial charge in [-0.25, -0.2) is 0 Å². The topological polar surface area (TPSA) is 78.9 Å². The molecule has 26 heavy (non-hydrogen) atoms. The molecule has 0 aliphatic heterocycles. The van der Waals surface area contributed by atoms with Crippen LogP contribution in [0, 0.1) is 11.8 Å². The molecule has 0 amide bonds. The zero-order chi connectivity index (χ0) is 19.3. The van der Waals surface area contributed by atoms with Crippen molar-refractivity contribution in [1.82, 2.24) is 0 Å². The lowest BCUT2D eigenvalue weighted by atomic mass is 9.68. The number of methoxy groups -OCH3 is 1. The second-order valence-electron chi connectivity index (χ2n) is 6.05. The van der Waals surface area contributed by atoms with Crippen molar-refractivity contribution in [3.63, 3.8) is 0 Å². The molecule has 0 saturated heterocycles. The predicted molar refractivity (Wildman–Crippen MR) is 94.7 cm³/mol. The van der Waals surface area contributed by atoms with Gasteiger partial charge in [0, 0.05) is 5.92 Å². The molecular formula is C20H24O6. The molecule has 0 spiro atoms. The van der Waals surface area contributed by atoms with Gasteiger partial charge in [-0.1, -0.05) is 17.7 Å². The van der Waals surface area contributed by atoms with Gasteiger partial charge in [0.05, 0.1) is 26.2 Å². The number of ether oxygens (including phenoxy) is 3. The molecule has 2 rings (SSSR count). The largest absolute Gasteiger partial charge is 0.497 e. The Balaban J connectivity index is 2.55. The second-order valence-corrected chi connectivity index (χ2v) is 6.05. The summed E-state index contributed by atoms with van der Waals surface area (Å²) in [7, 11) is 1.55. The lowest BCUT2D eigenvalue weighted by molar-refractivity contribution is -0.155. The maximum Gasteiger partial charge on any atom is 0.317 e. The summed E-state index contributed by atoms with van der Waals surface area (Å²) < 4.78 is 15.5. The van der Waals surface area contributed by atoms with Gasteiger partial charge in [0.25, 0.3) is 0 Å². The van der Waals surface area contributed by atoms with E-state index in [9.17, 15) is 14.4 Å². The molecule has 1 aromatic carbocycles. The predicted octanol–water partition coefficient (Wildman–Crippen LogP) is 2.67. The Kier molecular flexibility index (Phi) is 6.55. The Morgan fingerprint density at radius 1 is 0.962 bits per heavy atom. The van der Waals surface area contributed by atoms with Crippen LogP contribution >= 0.6 is 0 Å². The third-order valence-corrected chi connectivity index (χ3v) is 4.47. The van der Waals surface area contributed by atoms with Crippen molar-refractivity contribution >= 4 is 17.7 Å². The minimum atomic E-state index is -1.08. The fourth-order valence-corrected chi connectivity index (χ4v) is 3.33. The third-order valence-electron chi connectivity index (χ3n) is 4.47. The van der Waals surface area contributed by atoms with E-state index in [1.165, 1.54) is 6.08 Å². The van der Waals surface area contributed by atoms with Crippen LogP contribution in [0.2, 0.25) is 0 Å². The first-order valence-corrected chi connectivity index (χ1v) is 8.63. The highest BCUT2D eigenvalue weighted by Crippen LogP contribution is 2.42. The first-order valence-electron chi connectivity index (χ1n) is 8.63. The van der Waals surface area contributed by atoms with Crippen LogP contribution in [0.5, 0.6) is 5.75 Å². The van der Waals surface area contributed by atoms with Gasteiger partial charge in [0.2, 0.25) is 0 Å². The van der Waals surface area contributed by atoms with Crippen LogP contribution in [0.1, 0.15) is 32.3 Å². The van der Waals surface area contributed by atoms with Crippen LogP contribution in [0.3, 0.4) is 0 Å². The molecule has 0 N–H and O–H groups in total. The molecule has 0 heterocycles. The highest BCUT2D eigenvalue weighted by atomic mass is 16.5. The molecule has 1 aliphatic rings. The van der Waals surface area contributed by atoms with Crippen molar-refractivity contribution < 1.29 is 28.6 Å². The monoisotopic (exact) mass is 360 g/mol. The molecule has 1 aliphatic carbocycles. The van der Waals surface area contributed by atoms with E-state index in [0.717, 1.165) is 0 Å². The van der Waals surface area contributed by atoms with Gasteiger partial charge in [-0.15, -0.1) is 0 Å². The highest BCUT2D eigenvalue weighted by Gasteiger charge is 2.47. The molecule has 0 fully saturated rings. The summed E-state index contributed by atoms with van der Waals surface area (Å²) in [6.45, 7) is 5.48. The Bertz CT molecular complexity index is 704.